The summed E-state index contributed by atoms with van der Waals surface area (Å²) in [6, 6.07) is 19.0. The van der Waals surface area contributed by atoms with Crippen LogP contribution in [0.5, 0.6) is 0 Å². The molecule has 7 heteroatoms. The third-order valence-electron chi connectivity index (χ3n) is 5.61. The minimum absolute atomic E-state index is 0.198. The predicted molar refractivity (Wildman–Crippen MR) is 121 cm³/mol. The van der Waals surface area contributed by atoms with Gasteiger partial charge in [0.25, 0.3) is 5.91 Å². The number of carbonyl (C=O) groups excluding carboxylic acids is 1. The average Bonchev–Trinajstić information content (AvgIpc) is 3.24. The molecule has 1 fully saturated rings. The van der Waals surface area contributed by atoms with Crippen molar-refractivity contribution < 1.29 is 9.32 Å². The number of nitrogens with zero attached hydrogens (tertiary/aromatic N) is 4. The summed E-state index contributed by atoms with van der Waals surface area (Å²) in [5.41, 5.74) is 2.84. The number of benzene rings is 2. The van der Waals surface area contributed by atoms with Crippen LogP contribution in [-0.4, -0.2) is 54.2 Å². The molecule has 3 heterocycles. The highest BCUT2D eigenvalue weighted by molar-refractivity contribution is 6.07. The number of amides is 1. The molecule has 0 unspecified atom stereocenters. The van der Waals surface area contributed by atoms with Gasteiger partial charge in [-0.05, 0) is 37.4 Å². The van der Waals surface area contributed by atoms with E-state index in [0.717, 1.165) is 42.9 Å². The van der Waals surface area contributed by atoms with Gasteiger partial charge in [0.05, 0.1) is 17.3 Å². The second kappa shape index (κ2) is 8.20. The van der Waals surface area contributed by atoms with Crippen LogP contribution in [0, 0.1) is 0 Å². The zero-order valence-corrected chi connectivity index (χ0v) is 17.3. The van der Waals surface area contributed by atoms with E-state index in [1.165, 1.54) is 0 Å². The number of pyridine rings is 1. The number of aromatic nitrogens is 2. The van der Waals surface area contributed by atoms with Crippen molar-refractivity contribution in [2.45, 2.75) is 0 Å². The molecule has 31 heavy (non-hydrogen) atoms. The Labute approximate surface area is 180 Å². The summed E-state index contributed by atoms with van der Waals surface area (Å²) in [6.45, 7) is 3.96. The lowest BCUT2D eigenvalue weighted by Crippen LogP contribution is -2.44. The maximum Gasteiger partial charge on any atom is 0.255 e. The van der Waals surface area contributed by atoms with Crippen molar-refractivity contribution in [3.05, 3.63) is 72.4 Å². The molecule has 0 saturated carbocycles. The van der Waals surface area contributed by atoms with Crippen molar-refractivity contribution in [2.75, 3.05) is 43.4 Å². The van der Waals surface area contributed by atoms with E-state index in [1.807, 2.05) is 48.5 Å². The lowest BCUT2D eigenvalue weighted by molar-refractivity contribution is 0.102. The van der Waals surface area contributed by atoms with Crippen molar-refractivity contribution in [1.29, 1.82) is 0 Å². The molecule has 2 aromatic heterocycles. The molecule has 0 aliphatic carbocycles. The first-order valence-corrected chi connectivity index (χ1v) is 10.3. The Balaban J connectivity index is 1.33. The standard InChI is InChI=1S/C24H23N5O2/c1-28-11-13-29(14-12-28)22-10-8-19(16-25-22)26-24(30)18-7-9-21-20(15-18)23(31-27-21)17-5-3-2-4-6-17/h2-10,15-16H,11-14H2,1H3,(H,26,30). The lowest BCUT2D eigenvalue weighted by Gasteiger charge is -2.33. The van der Waals surface area contributed by atoms with Crippen molar-refractivity contribution in [2.24, 2.45) is 0 Å². The Bertz CT molecular complexity index is 1200. The smallest absolute Gasteiger partial charge is 0.255 e. The average molecular weight is 413 g/mol. The lowest BCUT2D eigenvalue weighted by atomic mass is 10.1. The number of hydrogen-bond acceptors (Lipinski definition) is 6. The molecule has 4 aromatic rings. The summed E-state index contributed by atoms with van der Waals surface area (Å²) in [7, 11) is 2.13. The maximum atomic E-state index is 12.8. The van der Waals surface area contributed by atoms with Crippen molar-refractivity contribution >= 4 is 28.3 Å². The van der Waals surface area contributed by atoms with Gasteiger partial charge in [-0.25, -0.2) is 4.98 Å². The third kappa shape index (κ3) is 4.00. The summed E-state index contributed by atoms with van der Waals surface area (Å²) in [6.07, 6.45) is 1.71. The van der Waals surface area contributed by atoms with Gasteiger partial charge < -0.3 is 19.6 Å². The van der Waals surface area contributed by atoms with Crippen LogP contribution in [0.15, 0.2) is 71.4 Å². The third-order valence-corrected chi connectivity index (χ3v) is 5.61. The van der Waals surface area contributed by atoms with Crippen LogP contribution in [0.2, 0.25) is 0 Å². The van der Waals surface area contributed by atoms with E-state index in [4.69, 9.17) is 4.52 Å². The fraction of sp³-hybridized carbons (Fsp3) is 0.208. The number of piperazine rings is 1. The summed E-state index contributed by atoms with van der Waals surface area (Å²) in [5, 5.41) is 7.85. The summed E-state index contributed by atoms with van der Waals surface area (Å²) < 4.78 is 5.53. The Kier molecular flexibility index (Phi) is 5.09. The first-order chi connectivity index (χ1) is 15.2. The van der Waals surface area contributed by atoms with E-state index in [0.29, 0.717) is 22.5 Å². The van der Waals surface area contributed by atoms with Crippen LogP contribution in [0.3, 0.4) is 0 Å². The number of carbonyl (C=O) groups is 1. The van der Waals surface area contributed by atoms with Crippen LogP contribution in [0.25, 0.3) is 22.2 Å². The van der Waals surface area contributed by atoms with Crippen LogP contribution in [-0.2, 0) is 0 Å². The zero-order chi connectivity index (χ0) is 21.2. The van der Waals surface area contributed by atoms with Crippen LogP contribution in [0.1, 0.15) is 10.4 Å². The fourth-order valence-corrected chi connectivity index (χ4v) is 3.77. The van der Waals surface area contributed by atoms with Gasteiger partial charge >= 0.3 is 0 Å². The number of likely N-dealkylation sites (N-methyl/N-ethyl adjacent to an activating group) is 1. The molecule has 156 valence electrons. The molecule has 0 radical (unpaired) electrons. The fourth-order valence-electron chi connectivity index (χ4n) is 3.77. The van der Waals surface area contributed by atoms with Gasteiger partial charge in [-0.1, -0.05) is 35.5 Å². The van der Waals surface area contributed by atoms with Crippen LogP contribution in [0.4, 0.5) is 11.5 Å². The van der Waals surface area contributed by atoms with E-state index >= 15 is 0 Å². The summed E-state index contributed by atoms with van der Waals surface area (Å²) in [4.78, 5) is 21.9. The first kappa shape index (κ1) is 19.3. The Morgan fingerprint density at radius 2 is 1.81 bits per heavy atom. The van der Waals surface area contributed by atoms with E-state index in [9.17, 15) is 4.79 Å². The van der Waals surface area contributed by atoms with Crippen molar-refractivity contribution in [1.82, 2.24) is 15.0 Å². The molecule has 0 atom stereocenters. The molecule has 7 nitrogen and oxygen atoms in total. The highest BCUT2D eigenvalue weighted by Crippen LogP contribution is 2.29. The number of anilines is 2. The van der Waals surface area contributed by atoms with E-state index in [-0.39, 0.29) is 5.91 Å². The van der Waals surface area contributed by atoms with Gasteiger partial charge in [-0.15, -0.1) is 0 Å². The molecule has 0 spiro atoms. The molecule has 1 amide bonds. The zero-order valence-electron chi connectivity index (χ0n) is 17.3. The van der Waals surface area contributed by atoms with Crippen LogP contribution < -0.4 is 10.2 Å². The highest BCUT2D eigenvalue weighted by Gasteiger charge is 2.16. The second-order valence-corrected chi connectivity index (χ2v) is 7.76. The quantitative estimate of drug-likeness (QED) is 0.547. The Morgan fingerprint density at radius 3 is 2.55 bits per heavy atom. The van der Waals surface area contributed by atoms with Gasteiger partial charge in [-0.2, -0.15) is 0 Å². The van der Waals surface area contributed by atoms with Gasteiger partial charge in [0.2, 0.25) is 0 Å². The SMILES string of the molecule is CN1CCN(c2ccc(NC(=O)c3ccc4noc(-c5ccccc5)c4c3)cn2)CC1. The normalized spacial score (nSPS) is 14.7. The molecule has 2 aromatic carbocycles. The Morgan fingerprint density at radius 1 is 1.00 bits per heavy atom. The molecule has 1 aliphatic heterocycles. The van der Waals surface area contributed by atoms with Gasteiger partial charge in [0.15, 0.2) is 5.76 Å². The number of hydrogen-bond donors (Lipinski definition) is 1. The number of rotatable bonds is 4. The molecule has 1 aliphatic rings. The summed E-state index contributed by atoms with van der Waals surface area (Å²) in [5.74, 6) is 1.39. The molecule has 1 saturated heterocycles. The van der Waals surface area contributed by atoms with Crippen LogP contribution >= 0.6 is 0 Å². The van der Waals surface area contributed by atoms with E-state index in [1.54, 1.807) is 18.3 Å². The van der Waals surface area contributed by atoms with Gasteiger partial charge in [0, 0.05) is 37.3 Å². The molecule has 0 bridgehead atoms. The molecule has 1 N–H and O–H groups in total. The molecular formula is C24H23N5O2. The minimum atomic E-state index is -0.198. The number of fused-ring (bicyclic) bond motifs is 1. The van der Waals surface area contributed by atoms with E-state index < -0.39 is 0 Å². The predicted octanol–water partition coefficient (Wildman–Crippen LogP) is 3.89. The van der Waals surface area contributed by atoms with Gasteiger partial charge in [0.1, 0.15) is 11.3 Å². The van der Waals surface area contributed by atoms with Crippen molar-refractivity contribution in [3.8, 4) is 11.3 Å². The topological polar surface area (TPSA) is 74.5 Å². The largest absolute Gasteiger partial charge is 0.355 e. The minimum Gasteiger partial charge on any atom is -0.355 e. The maximum absolute atomic E-state index is 12.8. The van der Waals surface area contributed by atoms with E-state index in [2.05, 4.69) is 32.3 Å². The monoisotopic (exact) mass is 413 g/mol. The molecule has 5 rings (SSSR count). The molecular weight excluding hydrogens is 390 g/mol. The second-order valence-electron chi connectivity index (χ2n) is 7.76. The van der Waals surface area contributed by atoms with Gasteiger partial charge in [-0.3, -0.25) is 4.79 Å². The highest BCUT2D eigenvalue weighted by atomic mass is 16.5. The Hall–Kier alpha value is -3.71. The van der Waals surface area contributed by atoms with Crippen molar-refractivity contribution in [3.63, 3.8) is 0 Å². The summed E-state index contributed by atoms with van der Waals surface area (Å²) >= 11 is 0. The number of nitrogens with one attached hydrogen (secondary N) is 1. The first-order valence-electron chi connectivity index (χ1n) is 10.3.